The van der Waals surface area contributed by atoms with E-state index in [-0.39, 0.29) is 29.5 Å². The number of hydrogen-bond acceptors (Lipinski definition) is 4. The van der Waals surface area contributed by atoms with Gasteiger partial charge in [-0.3, -0.25) is 9.59 Å². The Morgan fingerprint density at radius 2 is 2.10 bits per heavy atom. The summed E-state index contributed by atoms with van der Waals surface area (Å²) in [6.45, 7) is 1.67. The Morgan fingerprint density at radius 3 is 2.55 bits per heavy atom. The Labute approximate surface area is 116 Å². The minimum Gasteiger partial charge on any atom is -0.481 e. The molecule has 4 N–H and O–H groups in total. The number of primary sulfonamides is 1. The van der Waals surface area contributed by atoms with E-state index in [0.717, 1.165) is 0 Å². The summed E-state index contributed by atoms with van der Waals surface area (Å²) in [4.78, 5) is 22.2. The number of carbonyl (C=O) groups excluding carboxylic acids is 1. The van der Waals surface area contributed by atoms with Gasteiger partial charge in [0, 0.05) is 25.7 Å². The van der Waals surface area contributed by atoms with E-state index in [0.29, 0.717) is 0 Å². The molecule has 112 valence electrons. The Balaban J connectivity index is 2.78. The quantitative estimate of drug-likeness (QED) is 0.661. The predicted molar refractivity (Wildman–Crippen MR) is 70.6 cm³/mol. The Hall–Kier alpha value is -1.87. The third kappa shape index (κ3) is 4.35. The summed E-state index contributed by atoms with van der Waals surface area (Å²) in [5.41, 5.74) is 0.135. The van der Waals surface area contributed by atoms with Crippen LogP contribution in [0.25, 0.3) is 0 Å². The zero-order chi connectivity index (χ0) is 15.5. The first-order chi connectivity index (χ1) is 9.11. The molecule has 9 heteroatoms. The topological polar surface area (TPSA) is 131 Å². The monoisotopic (exact) mass is 303 g/mol. The molecule has 0 saturated heterocycles. The number of rotatable bonds is 6. The van der Waals surface area contributed by atoms with Crippen molar-refractivity contribution in [3.05, 3.63) is 18.0 Å². The molecule has 1 unspecified atom stereocenters. The Morgan fingerprint density at radius 1 is 1.50 bits per heavy atom. The number of nitrogens with two attached hydrogens (primary N) is 1. The minimum absolute atomic E-state index is 0.0585. The standard InChI is InChI=1S/C11H17N3O5S/c1-7(3-4-10(15)16)13-11(17)9-5-8(6-14(9)2)20(12,18)19/h5-7H,3-4H2,1-2H3,(H,13,17)(H,15,16)(H2,12,18,19). The minimum atomic E-state index is -3.87. The molecule has 0 radical (unpaired) electrons. The van der Waals surface area contributed by atoms with E-state index in [2.05, 4.69) is 5.32 Å². The van der Waals surface area contributed by atoms with Crippen molar-refractivity contribution < 1.29 is 23.1 Å². The summed E-state index contributed by atoms with van der Waals surface area (Å²) in [6, 6.07) is 0.834. The van der Waals surface area contributed by atoms with Gasteiger partial charge in [0.25, 0.3) is 5.91 Å². The van der Waals surface area contributed by atoms with Crippen molar-refractivity contribution in [1.29, 1.82) is 0 Å². The van der Waals surface area contributed by atoms with Gasteiger partial charge in [-0.2, -0.15) is 0 Å². The summed E-state index contributed by atoms with van der Waals surface area (Å²) in [5.74, 6) is -1.43. The van der Waals surface area contributed by atoms with E-state index in [1.807, 2.05) is 0 Å². The van der Waals surface area contributed by atoms with Gasteiger partial charge in [-0.25, -0.2) is 13.6 Å². The normalized spacial score (nSPS) is 12.9. The lowest BCUT2D eigenvalue weighted by molar-refractivity contribution is -0.137. The molecule has 1 atom stereocenters. The van der Waals surface area contributed by atoms with Crippen molar-refractivity contribution >= 4 is 21.9 Å². The van der Waals surface area contributed by atoms with Gasteiger partial charge >= 0.3 is 5.97 Å². The van der Waals surface area contributed by atoms with Crippen LogP contribution in [0.15, 0.2) is 17.2 Å². The SMILES string of the molecule is CC(CCC(=O)O)NC(=O)c1cc(S(N)(=O)=O)cn1C. The molecule has 0 fully saturated rings. The van der Waals surface area contributed by atoms with E-state index in [4.69, 9.17) is 10.2 Å². The number of aliphatic carboxylic acids is 1. The predicted octanol–water partition coefficient (Wildman–Crippen LogP) is -0.344. The van der Waals surface area contributed by atoms with Gasteiger partial charge in [-0.15, -0.1) is 0 Å². The van der Waals surface area contributed by atoms with Crippen LogP contribution in [-0.4, -0.2) is 36.0 Å². The van der Waals surface area contributed by atoms with E-state index in [1.165, 1.54) is 23.9 Å². The number of nitrogens with zero attached hydrogens (tertiary/aromatic N) is 1. The first-order valence-electron chi connectivity index (χ1n) is 5.83. The molecule has 8 nitrogen and oxygen atoms in total. The number of carbonyl (C=O) groups is 2. The highest BCUT2D eigenvalue weighted by Crippen LogP contribution is 2.12. The molecule has 0 aliphatic rings. The lowest BCUT2D eigenvalue weighted by atomic mass is 10.2. The number of carboxylic acids is 1. The second-order valence-electron chi connectivity index (χ2n) is 4.52. The molecule has 1 amide bonds. The molecule has 1 aromatic rings. The highest BCUT2D eigenvalue weighted by atomic mass is 32.2. The maximum Gasteiger partial charge on any atom is 0.303 e. The number of carboxylic acid groups (broad SMARTS) is 1. The summed E-state index contributed by atoms with van der Waals surface area (Å²) >= 11 is 0. The zero-order valence-corrected chi connectivity index (χ0v) is 12.0. The van der Waals surface area contributed by atoms with Crippen molar-refractivity contribution in [1.82, 2.24) is 9.88 Å². The number of nitrogens with one attached hydrogen (secondary N) is 1. The van der Waals surface area contributed by atoms with E-state index in [1.54, 1.807) is 6.92 Å². The number of hydrogen-bond donors (Lipinski definition) is 3. The molecule has 0 spiro atoms. The number of amides is 1. The van der Waals surface area contributed by atoms with Crippen LogP contribution in [0.4, 0.5) is 0 Å². The molecule has 0 aromatic carbocycles. The molecule has 1 rings (SSSR count). The average molecular weight is 303 g/mol. The van der Waals surface area contributed by atoms with E-state index >= 15 is 0 Å². The highest BCUT2D eigenvalue weighted by molar-refractivity contribution is 7.89. The van der Waals surface area contributed by atoms with Crippen molar-refractivity contribution in [3.63, 3.8) is 0 Å². The molecular weight excluding hydrogens is 286 g/mol. The summed E-state index contributed by atoms with van der Waals surface area (Å²) in [7, 11) is -2.35. The second kappa shape index (κ2) is 6.06. The third-order valence-corrected chi connectivity index (χ3v) is 3.59. The summed E-state index contributed by atoms with van der Waals surface area (Å²) in [6.07, 6.45) is 1.47. The van der Waals surface area contributed by atoms with Crippen LogP contribution in [0.3, 0.4) is 0 Å². The smallest absolute Gasteiger partial charge is 0.303 e. The van der Waals surface area contributed by atoms with Crippen LogP contribution in [0.1, 0.15) is 30.3 Å². The maximum atomic E-state index is 11.9. The average Bonchev–Trinajstić information content (AvgIpc) is 2.68. The molecule has 1 heterocycles. The Bertz CT molecular complexity index is 620. The molecule has 1 aromatic heterocycles. The van der Waals surface area contributed by atoms with Crippen molar-refractivity contribution in [2.45, 2.75) is 30.7 Å². The molecule has 0 aliphatic heterocycles. The molecule has 20 heavy (non-hydrogen) atoms. The van der Waals surface area contributed by atoms with Gasteiger partial charge in [0.1, 0.15) is 10.6 Å². The van der Waals surface area contributed by atoms with Crippen molar-refractivity contribution in [2.24, 2.45) is 12.2 Å². The van der Waals surface area contributed by atoms with E-state index < -0.39 is 21.9 Å². The lowest BCUT2D eigenvalue weighted by Gasteiger charge is -2.12. The maximum absolute atomic E-state index is 11.9. The summed E-state index contributed by atoms with van der Waals surface area (Å²) in [5, 5.41) is 16.1. The van der Waals surface area contributed by atoms with Gasteiger partial charge in [0.15, 0.2) is 0 Å². The van der Waals surface area contributed by atoms with Gasteiger partial charge in [0.05, 0.1) is 0 Å². The van der Waals surface area contributed by atoms with Crippen molar-refractivity contribution in [3.8, 4) is 0 Å². The van der Waals surface area contributed by atoms with Crippen LogP contribution in [0, 0.1) is 0 Å². The first-order valence-corrected chi connectivity index (χ1v) is 7.37. The number of aromatic nitrogens is 1. The van der Waals surface area contributed by atoms with Crippen molar-refractivity contribution in [2.75, 3.05) is 0 Å². The fourth-order valence-electron chi connectivity index (χ4n) is 1.63. The number of sulfonamides is 1. The fraction of sp³-hybridized carbons (Fsp3) is 0.455. The van der Waals surface area contributed by atoms with Crippen LogP contribution in [0.5, 0.6) is 0 Å². The van der Waals surface area contributed by atoms with Gasteiger partial charge in [-0.05, 0) is 19.4 Å². The van der Waals surface area contributed by atoms with Crippen LogP contribution in [-0.2, 0) is 21.9 Å². The molecule has 0 saturated carbocycles. The van der Waals surface area contributed by atoms with Crippen LogP contribution >= 0.6 is 0 Å². The molecule has 0 bridgehead atoms. The lowest BCUT2D eigenvalue weighted by Crippen LogP contribution is -2.34. The van der Waals surface area contributed by atoms with Gasteiger partial charge in [0.2, 0.25) is 10.0 Å². The third-order valence-electron chi connectivity index (χ3n) is 2.71. The highest BCUT2D eigenvalue weighted by Gasteiger charge is 2.18. The number of aryl methyl sites for hydroxylation is 1. The largest absolute Gasteiger partial charge is 0.481 e. The second-order valence-corrected chi connectivity index (χ2v) is 6.09. The zero-order valence-electron chi connectivity index (χ0n) is 11.2. The molecular formula is C11H17N3O5S. The first kappa shape index (κ1) is 16.2. The Kier molecular flexibility index (Phi) is 4.90. The fourth-order valence-corrected chi connectivity index (χ4v) is 2.21. The summed E-state index contributed by atoms with van der Waals surface area (Å²) < 4.78 is 23.7. The van der Waals surface area contributed by atoms with E-state index in [9.17, 15) is 18.0 Å². The van der Waals surface area contributed by atoms with Gasteiger partial charge < -0.3 is 15.0 Å². The van der Waals surface area contributed by atoms with Crippen LogP contribution < -0.4 is 10.5 Å². The molecule has 0 aliphatic carbocycles. The van der Waals surface area contributed by atoms with Gasteiger partial charge in [-0.1, -0.05) is 0 Å². The van der Waals surface area contributed by atoms with Crippen LogP contribution in [0.2, 0.25) is 0 Å².